The molecule has 0 radical (unpaired) electrons. The Kier molecular flexibility index (Phi) is 5.81. The molecule has 0 aromatic heterocycles. The van der Waals surface area contributed by atoms with Crippen LogP contribution in [-0.4, -0.2) is 16.2 Å². The van der Waals surface area contributed by atoms with Gasteiger partial charge in [-0.2, -0.15) is 12.6 Å². The largest absolute Gasteiger partial charge is 0.344 e. The van der Waals surface area contributed by atoms with Gasteiger partial charge in [0.2, 0.25) is 0 Å². The second kappa shape index (κ2) is 5.64. The van der Waals surface area contributed by atoms with Crippen LogP contribution in [0.15, 0.2) is 0 Å². The summed E-state index contributed by atoms with van der Waals surface area (Å²) in [6, 6.07) is 0. The molecular formula is C12H27O3PS. The van der Waals surface area contributed by atoms with Gasteiger partial charge in [-0.05, 0) is 47.5 Å². The molecule has 0 aliphatic heterocycles. The van der Waals surface area contributed by atoms with Gasteiger partial charge in [-0.25, -0.2) is 0 Å². The molecule has 0 aliphatic carbocycles. The van der Waals surface area contributed by atoms with E-state index in [-0.39, 0.29) is 5.92 Å². The molecule has 104 valence electrons. The van der Waals surface area contributed by atoms with Gasteiger partial charge in [0.25, 0.3) is 0 Å². The fourth-order valence-corrected chi connectivity index (χ4v) is 4.05. The van der Waals surface area contributed by atoms with Crippen LogP contribution in [0.3, 0.4) is 0 Å². The predicted molar refractivity (Wildman–Crippen MR) is 76.9 cm³/mol. The fraction of sp³-hybridized carbons (Fsp3) is 1.00. The first kappa shape index (κ1) is 17.5. The average Bonchev–Trinajstić information content (AvgIpc) is 1.94. The van der Waals surface area contributed by atoms with Crippen molar-refractivity contribution in [2.24, 2.45) is 5.92 Å². The molecule has 0 saturated heterocycles. The minimum Gasteiger partial charge on any atom is -0.302 e. The molecule has 1 atom stereocenters. The molecule has 0 spiro atoms. The Morgan fingerprint density at radius 2 is 1.24 bits per heavy atom. The standard InChI is InChI=1S/C12H27O3PS/c1-9(2)10(17)16(13,14-11(3,4)5)15-12(6,7)8/h9-10,17H,1-8H3. The van der Waals surface area contributed by atoms with Crippen LogP contribution in [0.1, 0.15) is 55.4 Å². The summed E-state index contributed by atoms with van der Waals surface area (Å²) in [4.78, 5) is -0.416. The number of hydrogen-bond donors (Lipinski definition) is 1. The maximum absolute atomic E-state index is 12.9. The zero-order valence-corrected chi connectivity index (χ0v) is 14.1. The Morgan fingerprint density at radius 3 is 1.41 bits per heavy atom. The molecule has 5 heteroatoms. The van der Waals surface area contributed by atoms with E-state index < -0.39 is 23.8 Å². The Labute approximate surface area is 112 Å². The van der Waals surface area contributed by atoms with Crippen LogP contribution >= 0.6 is 20.2 Å². The van der Waals surface area contributed by atoms with Gasteiger partial charge in [0.15, 0.2) is 0 Å². The number of hydrogen-bond acceptors (Lipinski definition) is 4. The van der Waals surface area contributed by atoms with E-state index in [4.69, 9.17) is 9.05 Å². The monoisotopic (exact) mass is 282 g/mol. The topological polar surface area (TPSA) is 35.5 Å². The van der Waals surface area contributed by atoms with Crippen molar-refractivity contribution in [2.75, 3.05) is 0 Å². The van der Waals surface area contributed by atoms with Gasteiger partial charge >= 0.3 is 7.60 Å². The summed E-state index contributed by atoms with van der Waals surface area (Å²) in [5.74, 6) is 0.119. The summed E-state index contributed by atoms with van der Waals surface area (Å²) in [5.41, 5.74) is -1.03. The molecule has 0 N–H and O–H groups in total. The van der Waals surface area contributed by atoms with Crippen LogP contribution < -0.4 is 0 Å². The zero-order valence-electron chi connectivity index (χ0n) is 12.3. The molecule has 17 heavy (non-hydrogen) atoms. The lowest BCUT2D eigenvalue weighted by molar-refractivity contribution is 0.0469. The summed E-state index contributed by atoms with van der Waals surface area (Å²) >= 11 is 4.42. The van der Waals surface area contributed by atoms with Crippen LogP contribution in [0.5, 0.6) is 0 Å². The van der Waals surface area contributed by atoms with Crippen molar-refractivity contribution < 1.29 is 13.6 Å². The molecule has 3 nitrogen and oxygen atoms in total. The minimum atomic E-state index is -3.25. The zero-order chi connectivity index (χ0) is 14.1. The van der Waals surface area contributed by atoms with Crippen molar-refractivity contribution in [3.8, 4) is 0 Å². The second-order valence-electron chi connectivity index (χ2n) is 6.60. The highest BCUT2D eigenvalue weighted by atomic mass is 32.1. The van der Waals surface area contributed by atoms with E-state index >= 15 is 0 Å². The van der Waals surface area contributed by atoms with Crippen LogP contribution in [0.25, 0.3) is 0 Å². The Bertz CT molecular complexity index is 269. The molecule has 0 bridgehead atoms. The van der Waals surface area contributed by atoms with E-state index in [2.05, 4.69) is 12.6 Å². The van der Waals surface area contributed by atoms with E-state index in [1.165, 1.54) is 0 Å². The highest BCUT2D eigenvalue weighted by Crippen LogP contribution is 2.61. The second-order valence-corrected chi connectivity index (χ2v) is 9.57. The van der Waals surface area contributed by atoms with Gasteiger partial charge in [0.05, 0.1) is 11.2 Å². The third-order valence-electron chi connectivity index (χ3n) is 1.72. The van der Waals surface area contributed by atoms with E-state index in [1.807, 2.05) is 55.4 Å². The quantitative estimate of drug-likeness (QED) is 0.598. The molecule has 0 fully saturated rings. The highest BCUT2D eigenvalue weighted by molar-refractivity contribution is 7.90. The van der Waals surface area contributed by atoms with Crippen LogP contribution in [0.2, 0.25) is 0 Å². The first-order chi connectivity index (χ1) is 7.27. The van der Waals surface area contributed by atoms with Crippen molar-refractivity contribution >= 4 is 20.2 Å². The summed E-state index contributed by atoms with van der Waals surface area (Å²) in [5, 5.41) is 0. The maximum Gasteiger partial charge on any atom is 0.344 e. The Morgan fingerprint density at radius 1 is 0.941 bits per heavy atom. The molecular weight excluding hydrogens is 255 g/mol. The summed E-state index contributed by atoms with van der Waals surface area (Å²) in [6.07, 6.45) is 0. The van der Waals surface area contributed by atoms with Crippen LogP contribution in [0.4, 0.5) is 0 Å². The lowest BCUT2D eigenvalue weighted by Crippen LogP contribution is -2.28. The van der Waals surface area contributed by atoms with Gasteiger partial charge < -0.3 is 9.05 Å². The van der Waals surface area contributed by atoms with Gasteiger partial charge in [-0.15, -0.1) is 0 Å². The summed E-state index contributed by atoms with van der Waals surface area (Å²) in [7, 11) is -3.25. The highest BCUT2D eigenvalue weighted by Gasteiger charge is 2.42. The van der Waals surface area contributed by atoms with Crippen molar-refractivity contribution in [1.82, 2.24) is 0 Å². The van der Waals surface area contributed by atoms with Gasteiger partial charge in [-0.1, -0.05) is 13.8 Å². The van der Waals surface area contributed by atoms with Crippen molar-refractivity contribution in [3.05, 3.63) is 0 Å². The maximum atomic E-state index is 12.9. The van der Waals surface area contributed by atoms with Crippen molar-refractivity contribution in [2.45, 2.75) is 71.6 Å². The summed E-state index contributed by atoms with van der Waals surface area (Å²) in [6.45, 7) is 15.1. The van der Waals surface area contributed by atoms with E-state index in [0.717, 1.165) is 0 Å². The fourth-order valence-electron chi connectivity index (χ4n) is 1.26. The molecule has 0 aliphatic rings. The molecule has 1 unspecified atom stereocenters. The number of thiol groups is 1. The first-order valence-corrected chi connectivity index (χ1v) is 8.09. The van der Waals surface area contributed by atoms with Gasteiger partial charge in [0.1, 0.15) is 4.99 Å². The minimum absolute atomic E-state index is 0.119. The molecule has 0 saturated carbocycles. The van der Waals surface area contributed by atoms with Crippen LogP contribution in [-0.2, 0) is 13.6 Å². The lowest BCUT2D eigenvalue weighted by Gasteiger charge is -2.35. The molecule has 0 aromatic carbocycles. The van der Waals surface area contributed by atoms with Gasteiger partial charge in [-0.3, -0.25) is 4.57 Å². The Balaban J connectivity index is 5.16. The van der Waals surface area contributed by atoms with E-state index in [0.29, 0.717) is 0 Å². The summed E-state index contributed by atoms with van der Waals surface area (Å²) < 4.78 is 24.2. The van der Waals surface area contributed by atoms with Gasteiger partial charge in [0, 0.05) is 0 Å². The molecule has 0 aromatic rings. The SMILES string of the molecule is CC(C)C(S)P(=O)(OC(C)(C)C)OC(C)(C)C. The smallest absolute Gasteiger partial charge is 0.302 e. The van der Waals surface area contributed by atoms with E-state index in [1.54, 1.807) is 0 Å². The molecule has 0 amide bonds. The normalized spacial score (nSPS) is 16.4. The molecule has 0 rings (SSSR count). The Hall–Kier alpha value is 0.500. The molecule has 0 heterocycles. The van der Waals surface area contributed by atoms with Crippen LogP contribution in [0, 0.1) is 5.92 Å². The average molecular weight is 282 g/mol. The van der Waals surface area contributed by atoms with Crippen molar-refractivity contribution in [3.63, 3.8) is 0 Å². The lowest BCUT2D eigenvalue weighted by atomic mass is 10.2. The predicted octanol–water partition coefficient (Wildman–Crippen LogP) is 4.72. The third-order valence-corrected chi connectivity index (χ3v) is 6.02. The van der Waals surface area contributed by atoms with Crippen molar-refractivity contribution in [1.29, 1.82) is 0 Å². The first-order valence-electron chi connectivity index (χ1n) is 5.96. The third kappa shape index (κ3) is 6.85. The number of rotatable bonds is 4. The van der Waals surface area contributed by atoms with E-state index in [9.17, 15) is 4.57 Å².